The van der Waals surface area contributed by atoms with E-state index in [4.69, 9.17) is 42.6 Å². The van der Waals surface area contributed by atoms with Gasteiger partial charge in [0.25, 0.3) is 0 Å². The Morgan fingerprint density at radius 2 is 1.15 bits per heavy atom. The van der Waals surface area contributed by atoms with E-state index in [0.29, 0.717) is 25.7 Å². The highest BCUT2D eigenvalue weighted by Gasteiger charge is 2.54. The fourth-order valence-corrected chi connectivity index (χ4v) is 7.93. The smallest absolute Gasteiger partial charge is 0.338 e. The van der Waals surface area contributed by atoms with Crippen LogP contribution in [-0.4, -0.2) is 105 Å². The van der Waals surface area contributed by atoms with Crippen molar-refractivity contribution < 1.29 is 52.2 Å². The zero-order chi connectivity index (χ0) is 43.9. The molecule has 20 nitrogen and oxygen atoms in total. The van der Waals surface area contributed by atoms with Crippen LogP contribution in [0.2, 0.25) is 0 Å². The molecule has 3 aliphatic heterocycles. The molecule has 6 unspecified atom stereocenters. The maximum Gasteiger partial charge on any atom is 0.338 e. The van der Waals surface area contributed by atoms with E-state index in [2.05, 4.69) is 30.1 Å². The monoisotopic (exact) mass is 849 g/mol. The Hall–Kier alpha value is -4.97. The Kier molecular flexibility index (Phi) is 18.0. The van der Waals surface area contributed by atoms with Gasteiger partial charge in [0.1, 0.15) is 18.3 Å². The van der Waals surface area contributed by atoms with Gasteiger partial charge in [0.15, 0.2) is 25.0 Å². The van der Waals surface area contributed by atoms with Gasteiger partial charge in [-0.15, -0.1) is 0 Å². The van der Waals surface area contributed by atoms with Crippen molar-refractivity contribution in [3.05, 3.63) is 103 Å². The Morgan fingerprint density at radius 1 is 0.623 bits per heavy atom. The summed E-state index contributed by atoms with van der Waals surface area (Å²) in [6.07, 6.45) is -7.54. The molecule has 3 fully saturated rings. The summed E-state index contributed by atoms with van der Waals surface area (Å²) in [5.41, 5.74) is 29.8. The lowest BCUT2D eigenvalue weighted by molar-refractivity contribution is -0.361. The zero-order valence-electron chi connectivity index (χ0n) is 35.2. The van der Waals surface area contributed by atoms with Crippen molar-refractivity contribution in [1.82, 2.24) is 0 Å². The number of hydrogen-bond donors (Lipinski definition) is 0. The summed E-state index contributed by atoms with van der Waals surface area (Å²) in [5.74, 6) is -2.00. The van der Waals surface area contributed by atoms with Gasteiger partial charge in [-0.25, -0.2) is 4.79 Å². The number of hydrogen-bond acceptors (Lipinski definition) is 14. The first-order valence-electron chi connectivity index (χ1n) is 20.5. The van der Waals surface area contributed by atoms with Crippen LogP contribution >= 0.6 is 0 Å². The number of nitrogens with zero attached hydrogens (tertiary/aromatic N) is 9. The van der Waals surface area contributed by atoms with E-state index in [-0.39, 0.29) is 24.7 Å². The molecule has 3 saturated heterocycles. The van der Waals surface area contributed by atoms with Gasteiger partial charge in [0, 0.05) is 33.7 Å². The summed E-state index contributed by atoms with van der Waals surface area (Å²) in [5, 5.41) is 12.1. The minimum absolute atomic E-state index is 0.0519. The average Bonchev–Trinajstić information content (AvgIpc) is 3.26. The maximum atomic E-state index is 13.5. The largest absolute Gasteiger partial charge is 0.469 e. The number of ether oxygens (including phenoxy) is 9. The molecule has 0 radical (unpaired) electrons. The molecule has 20 heteroatoms. The normalized spacial score (nSPS) is 33.5. The molecule has 5 rings (SSSR count). The fraction of sp³-hybridized carbons (Fsp3) is 0.659. The Labute approximate surface area is 354 Å². The molecule has 2 aromatic rings. The SMILES string of the molecule is COC(=O)CCCCCO[C@H]1OC(C)[C@@H](N=[N+]=[N-])[C@H](C)C1O[C@H]1OC(C)[C@@H](N=[N+]=[N-])[C@H](O[C@H]2OC(C)[C@@H](N=[N+]=[N-])[C@H](C)C2OC(=O)c2ccccc2)C1OCc1ccccc1. The van der Waals surface area contributed by atoms with Crippen LogP contribution in [0.5, 0.6) is 0 Å². The van der Waals surface area contributed by atoms with Crippen LogP contribution < -0.4 is 0 Å². The van der Waals surface area contributed by atoms with Gasteiger partial charge in [-0.3, -0.25) is 4.79 Å². The third-order valence-electron chi connectivity index (χ3n) is 11.3. The predicted octanol–water partition coefficient (Wildman–Crippen LogP) is 7.86. The summed E-state index contributed by atoms with van der Waals surface area (Å²) in [6, 6.07) is 15.4. The highest BCUT2D eigenvalue weighted by molar-refractivity contribution is 5.89. The maximum absolute atomic E-state index is 13.5. The van der Waals surface area contributed by atoms with Crippen molar-refractivity contribution in [2.24, 2.45) is 27.2 Å². The molecule has 3 aliphatic rings. The minimum atomic E-state index is -1.28. The molecule has 2 aromatic carbocycles. The van der Waals surface area contributed by atoms with Crippen molar-refractivity contribution in [1.29, 1.82) is 0 Å². The van der Waals surface area contributed by atoms with Gasteiger partial charge in [0.05, 0.1) is 55.7 Å². The van der Waals surface area contributed by atoms with E-state index >= 15 is 0 Å². The van der Waals surface area contributed by atoms with Crippen molar-refractivity contribution in [3.8, 4) is 0 Å². The van der Waals surface area contributed by atoms with Gasteiger partial charge in [-0.05, 0) is 73.8 Å². The lowest BCUT2D eigenvalue weighted by Crippen LogP contribution is -2.64. The Morgan fingerprint density at radius 3 is 1.75 bits per heavy atom. The van der Waals surface area contributed by atoms with Crippen LogP contribution in [-0.2, 0) is 54.0 Å². The number of carbonyl (C=O) groups excluding carboxylic acids is 2. The molecule has 3 heterocycles. The number of azide groups is 3. The third-order valence-corrected chi connectivity index (χ3v) is 11.3. The summed E-state index contributed by atoms with van der Waals surface area (Å²) in [4.78, 5) is 34.4. The summed E-state index contributed by atoms with van der Waals surface area (Å²) in [7, 11) is 1.35. The third kappa shape index (κ3) is 12.3. The van der Waals surface area contributed by atoms with Crippen molar-refractivity contribution in [2.45, 2.75) is 147 Å². The van der Waals surface area contributed by atoms with E-state index < -0.39 is 97.5 Å². The molecular formula is C41H55N9O11. The molecule has 61 heavy (non-hydrogen) atoms. The second-order valence-corrected chi connectivity index (χ2v) is 15.4. The first-order valence-corrected chi connectivity index (χ1v) is 20.5. The molecule has 0 bridgehead atoms. The van der Waals surface area contributed by atoms with Gasteiger partial charge in [-0.1, -0.05) is 84.1 Å². The second-order valence-electron chi connectivity index (χ2n) is 15.4. The predicted molar refractivity (Wildman–Crippen MR) is 217 cm³/mol. The number of esters is 2. The van der Waals surface area contributed by atoms with Gasteiger partial charge in [0.2, 0.25) is 0 Å². The van der Waals surface area contributed by atoms with Gasteiger partial charge in [-0.2, -0.15) is 0 Å². The van der Waals surface area contributed by atoms with Crippen molar-refractivity contribution in [3.63, 3.8) is 0 Å². The summed E-state index contributed by atoms with van der Waals surface area (Å²) >= 11 is 0. The van der Waals surface area contributed by atoms with Crippen molar-refractivity contribution >= 4 is 11.9 Å². The lowest BCUT2D eigenvalue weighted by Gasteiger charge is -2.50. The molecule has 15 atom stereocenters. The topological polar surface area (TPSA) is 263 Å². The van der Waals surface area contributed by atoms with Crippen molar-refractivity contribution in [2.75, 3.05) is 13.7 Å². The molecule has 0 amide bonds. The zero-order valence-corrected chi connectivity index (χ0v) is 35.2. The van der Waals surface area contributed by atoms with E-state index in [1.54, 1.807) is 58.0 Å². The Bertz CT molecular complexity index is 1870. The molecule has 0 spiro atoms. The minimum Gasteiger partial charge on any atom is -0.469 e. The average molecular weight is 850 g/mol. The van der Waals surface area contributed by atoms with Crippen LogP contribution in [0.25, 0.3) is 31.3 Å². The van der Waals surface area contributed by atoms with Crippen LogP contribution in [0.3, 0.4) is 0 Å². The van der Waals surface area contributed by atoms with Gasteiger partial charge < -0.3 is 42.6 Å². The standard InChI is InChI=1S/C41H55N9O11/c1-23-31(45-48-42)25(3)56-39(54-21-15-9-14-20-30(51)53-6)34(23)60-41-37(55-22-28-16-10-7-11-17-28)36(33(47-50-44)27(5)58-41)61-40-35(24(2)32(46-49-43)26(4)57-40)59-38(52)29-18-12-8-13-19-29/h7-8,10-13,16-19,23-27,31-37,39-41H,9,14-15,20-22H2,1-6H3/t23-,24-,25?,26?,27?,31-,32-,33+,34?,35?,36-,37?,39-,40+,41+/m0/s1. The molecule has 0 aliphatic carbocycles. The van der Waals surface area contributed by atoms with E-state index in [1.165, 1.54) is 7.11 Å². The number of unbranched alkanes of at least 4 members (excludes halogenated alkanes) is 2. The molecular weight excluding hydrogens is 795 g/mol. The van der Waals surface area contributed by atoms with Crippen LogP contribution in [0.1, 0.15) is 76.2 Å². The number of benzene rings is 2. The highest BCUT2D eigenvalue weighted by atomic mass is 16.8. The van der Waals surface area contributed by atoms with Crippen LogP contribution in [0, 0.1) is 11.8 Å². The van der Waals surface area contributed by atoms with Crippen LogP contribution in [0.4, 0.5) is 0 Å². The van der Waals surface area contributed by atoms with E-state index in [9.17, 15) is 26.2 Å². The Balaban J connectivity index is 1.49. The number of methoxy groups -OCH3 is 1. The first kappa shape index (κ1) is 47.1. The second kappa shape index (κ2) is 23.3. The van der Waals surface area contributed by atoms with Crippen LogP contribution in [0.15, 0.2) is 76.0 Å². The lowest BCUT2D eigenvalue weighted by atomic mass is 9.88. The number of rotatable bonds is 19. The quantitative estimate of drug-likeness (QED) is 0.0431. The number of carbonyl (C=O) groups is 2. The molecule has 0 N–H and O–H groups in total. The summed E-state index contributed by atoms with van der Waals surface area (Å²) < 4.78 is 56.5. The molecule has 0 saturated carbocycles. The van der Waals surface area contributed by atoms with Gasteiger partial charge >= 0.3 is 11.9 Å². The first-order chi connectivity index (χ1) is 29.5. The van der Waals surface area contributed by atoms with E-state index in [0.717, 1.165) is 5.56 Å². The fourth-order valence-electron chi connectivity index (χ4n) is 7.93. The molecule has 0 aromatic heterocycles. The highest BCUT2D eigenvalue weighted by Crippen LogP contribution is 2.39. The van der Waals surface area contributed by atoms with E-state index in [1.807, 2.05) is 37.3 Å². The summed E-state index contributed by atoms with van der Waals surface area (Å²) in [6.45, 7) is 9.17. The molecule has 330 valence electrons.